The molecule has 3 aromatic rings. The second kappa shape index (κ2) is 10.2. The number of carbonyl (C=O) groups is 3. The molecule has 3 aromatic carbocycles. The third-order valence-corrected chi connectivity index (χ3v) is 6.15. The van der Waals surface area contributed by atoms with Crippen LogP contribution in [0.1, 0.15) is 21.5 Å². The SMILES string of the molecule is O=C(Nc1ccc(I)cc1)c1ccc(CNC2=C(Cl)C(=O)N(Cc3ccccc3)C2=O)cc1. The molecule has 0 fully saturated rings. The fraction of sp³-hybridized carbons (Fsp3) is 0.0800. The predicted molar refractivity (Wildman–Crippen MR) is 135 cm³/mol. The summed E-state index contributed by atoms with van der Waals surface area (Å²) in [7, 11) is 0. The van der Waals surface area contributed by atoms with E-state index in [4.69, 9.17) is 11.6 Å². The molecule has 2 N–H and O–H groups in total. The van der Waals surface area contributed by atoms with Gasteiger partial charge in [-0.25, -0.2) is 0 Å². The second-order valence-electron chi connectivity index (χ2n) is 7.38. The van der Waals surface area contributed by atoms with Gasteiger partial charge in [0.05, 0.1) is 6.54 Å². The van der Waals surface area contributed by atoms with Gasteiger partial charge >= 0.3 is 0 Å². The molecule has 0 spiro atoms. The van der Waals surface area contributed by atoms with Crippen molar-refractivity contribution in [3.05, 3.63) is 110 Å². The Balaban J connectivity index is 1.36. The number of amides is 3. The zero-order valence-corrected chi connectivity index (χ0v) is 20.3. The molecule has 1 aliphatic rings. The van der Waals surface area contributed by atoms with Gasteiger partial charge in [0.25, 0.3) is 17.7 Å². The minimum Gasteiger partial charge on any atom is -0.375 e. The van der Waals surface area contributed by atoms with Crippen LogP contribution in [0.2, 0.25) is 0 Å². The molecule has 3 amide bonds. The highest BCUT2D eigenvalue weighted by atomic mass is 127. The molecule has 1 heterocycles. The van der Waals surface area contributed by atoms with E-state index in [9.17, 15) is 14.4 Å². The van der Waals surface area contributed by atoms with Crippen LogP contribution in [0.25, 0.3) is 0 Å². The van der Waals surface area contributed by atoms with E-state index in [1.807, 2.05) is 54.6 Å². The topological polar surface area (TPSA) is 78.5 Å². The average molecular weight is 572 g/mol. The highest BCUT2D eigenvalue weighted by Crippen LogP contribution is 2.24. The molecule has 0 saturated heterocycles. The van der Waals surface area contributed by atoms with Crippen LogP contribution >= 0.6 is 34.2 Å². The van der Waals surface area contributed by atoms with Crippen molar-refractivity contribution in [2.24, 2.45) is 0 Å². The summed E-state index contributed by atoms with van der Waals surface area (Å²) >= 11 is 8.36. The van der Waals surface area contributed by atoms with Crippen LogP contribution in [0.4, 0.5) is 5.69 Å². The number of hydrogen-bond acceptors (Lipinski definition) is 4. The Morgan fingerprint density at radius 3 is 2.18 bits per heavy atom. The number of nitrogens with zero attached hydrogens (tertiary/aromatic N) is 1. The first-order valence-electron chi connectivity index (χ1n) is 10.1. The van der Waals surface area contributed by atoms with Gasteiger partial charge in [0, 0.05) is 21.4 Å². The van der Waals surface area contributed by atoms with Crippen molar-refractivity contribution in [2.75, 3.05) is 5.32 Å². The Hall–Kier alpha value is -3.17. The molecule has 33 heavy (non-hydrogen) atoms. The molecule has 4 rings (SSSR count). The largest absolute Gasteiger partial charge is 0.375 e. The van der Waals surface area contributed by atoms with Crippen LogP contribution in [0.15, 0.2) is 89.6 Å². The molecule has 8 heteroatoms. The van der Waals surface area contributed by atoms with Gasteiger partial charge in [0.15, 0.2) is 0 Å². The first kappa shape index (κ1) is 23.0. The molecule has 0 atom stereocenters. The maximum atomic E-state index is 12.7. The van der Waals surface area contributed by atoms with Gasteiger partial charge in [-0.1, -0.05) is 54.1 Å². The number of carbonyl (C=O) groups excluding carboxylic acids is 3. The monoisotopic (exact) mass is 571 g/mol. The number of halogens is 2. The third-order valence-electron chi connectivity index (χ3n) is 5.08. The molecular weight excluding hydrogens is 553 g/mol. The van der Waals surface area contributed by atoms with E-state index in [0.717, 1.165) is 25.3 Å². The first-order valence-corrected chi connectivity index (χ1v) is 11.6. The number of rotatable bonds is 7. The van der Waals surface area contributed by atoms with Gasteiger partial charge in [-0.3, -0.25) is 19.3 Å². The average Bonchev–Trinajstić information content (AvgIpc) is 3.03. The first-order chi connectivity index (χ1) is 15.9. The predicted octanol–water partition coefficient (Wildman–Crippen LogP) is 4.65. The van der Waals surface area contributed by atoms with Crippen LogP contribution in [0, 0.1) is 3.57 Å². The van der Waals surface area contributed by atoms with Gasteiger partial charge in [0.1, 0.15) is 10.7 Å². The third kappa shape index (κ3) is 5.43. The zero-order chi connectivity index (χ0) is 23.4. The van der Waals surface area contributed by atoms with E-state index in [1.54, 1.807) is 24.3 Å². The van der Waals surface area contributed by atoms with Gasteiger partial charge < -0.3 is 10.6 Å². The summed E-state index contributed by atoms with van der Waals surface area (Å²) in [5.41, 5.74) is 2.98. The van der Waals surface area contributed by atoms with E-state index in [2.05, 4.69) is 33.2 Å². The molecule has 0 unspecified atom stereocenters. The highest BCUT2D eigenvalue weighted by Gasteiger charge is 2.37. The van der Waals surface area contributed by atoms with Crippen molar-refractivity contribution >= 4 is 57.6 Å². The zero-order valence-electron chi connectivity index (χ0n) is 17.3. The van der Waals surface area contributed by atoms with E-state index in [0.29, 0.717) is 5.56 Å². The Morgan fingerprint density at radius 1 is 0.848 bits per heavy atom. The molecule has 0 aliphatic carbocycles. The van der Waals surface area contributed by atoms with Crippen LogP contribution in [0.5, 0.6) is 0 Å². The number of imide groups is 1. The summed E-state index contributed by atoms with van der Waals surface area (Å²) in [4.78, 5) is 38.8. The van der Waals surface area contributed by atoms with E-state index in [1.165, 1.54) is 0 Å². The molecule has 0 saturated carbocycles. The lowest BCUT2D eigenvalue weighted by Crippen LogP contribution is -2.33. The quantitative estimate of drug-likeness (QED) is 0.320. The summed E-state index contributed by atoms with van der Waals surface area (Å²) in [6.07, 6.45) is 0. The summed E-state index contributed by atoms with van der Waals surface area (Å²) in [6, 6.07) is 23.8. The molecule has 6 nitrogen and oxygen atoms in total. The van der Waals surface area contributed by atoms with Crippen LogP contribution < -0.4 is 10.6 Å². The van der Waals surface area contributed by atoms with Gasteiger partial charge in [0.2, 0.25) is 0 Å². The molecule has 1 aliphatic heterocycles. The molecule has 0 bridgehead atoms. The summed E-state index contributed by atoms with van der Waals surface area (Å²) in [5, 5.41) is 5.70. The van der Waals surface area contributed by atoms with Crippen molar-refractivity contribution in [1.82, 2.24) is 10.2 Å². The summed E-state index contributed by atoms with van der Waals surface area (Å²) in [5.74, 6) is -1.19. The lowest BCUT2D eigenvalue weighted by molar-refractivity contribution is -0.138. The number of hydrogen-bond donors (Lipinski definition) is 2. The number of nitrogens with one attached hydrogen (secondary N) is 2. The lowest BCUT2D eigenvalue weighted by atomic mass is 10.1. The van der Waals surface area contributed by atoms with E-state index in [-0.39, 0.29) is 29.7 Å². The highest BCUT2D eigenvalue weighted by molar-refractivity contribution is 14.1. The van der Waals surface area contributed by atoms with Crippen LogP contribution in [-0.4, -0.2) is 22.6 Å². The normalized spacial score (nSPS) is 13.5. The van der Waals surface area contributed by atoms with Gasteiger partial charge in [-0.2, -0.15) is 0 Å². The Labute approximate surface area is 209 Å². The maximum Gasteiger partial charge on any atom is 0.278 e. The van der Waals surface area contributed by atoms with Crippen molar-refractivity contribution in [3.63, 3.8) is 0 Å². The van der Waals surface area contributed by atoms with E-state index >= 15 is 0 Å². The van der Waals surface area contributed by atoms with Crippen LogP contribution in [-0.2, 0) is 22.7 Å². The number of anilines is 1. The van der Waals surface area contributed by atoms with Crippen molar-refractivity contribution in [1.29, 1.82) is 0 Å². The van der Waals surface area contributed by atoms with Crippen molar-refractivity contribution in [2.45, 2.75) is 13.1 Å². The van der Waals surface area contributed by atoms with Crippen molar-refractivity contribution < 1.29 is 14.4 Å². The summed E-state index contributed by atoms with van der Waals surface area (Å²) in [6.45, 7) is 0.438. The van der Waals surface area contributed by atoms with E-state index < -0.39 is 11.8 Å². The molecule has 166 valence electrons. The minimum absolute atomic E-state index is 0.0816. The molecular formula is C25H19ClIN3O3. The lowest BCUT2D eigenvalue weighted by Gasteiger charge is -2.15. The number of benzene rings is 3. The molecule has 0 radical (unpaired) electrons. The smallest absolute Gasteiger partial charge is 0.278 e. The Bertz CT molecular complexity index is 1230. The van der Waals surface area contributed by atoms with Crippen LogP contribution in [0.3, 0.4) is 0 Å². The minimum atomic E-state index is -0.518. The Kier molecular flexibility index (Phi) is 7.10. The van der Waals surface area contributed by atoms with Gasteiger partial charge in [-0.05, 0) is 70.1 Å². The Morgan fingerprint density at radius 2 is 1.52 bits per heavy atom. The maximum absolute atomic E-state index is 12.7. The fourth-order valence-electron chi connectivity index (χ4n) is 3.31. The summed E-state index contributed by atoms with van der Waals surface area (Å²) < 4.78 is 1.09. The second-order valence-corrected chi connectivity index (χ2v) is 9.01. The van der Waals surface area contributed by atoms with Gasteiger partial charge in [-0.15, -0.1) is 0 Å². The van der Waals surface area contributed by atoms with Crippen molar-refractivity contribution in [3.8, 4) is 0 Å². The standard InChI is InChI=1S/C25H19ClIN3O3/c26-21-22(25(33)30(24(21)32)15-17-4-2-1-3-5-17)28-14-16-6-8-18(9-7-16)23(31)29-20-12-10-19(27)11-13-20/h1-13,28H,14-15H2,(H,29,31). The fourth-order valence-corrected chi connectivity index (χ4v) is 3.92. The molecule has 0 aromatic heterocycles.